The van der Waals surface area contributed by atoms with Crippen LogP contribution in [0.15, 0.2) is 0 Å². The van der Waals surface area contributed by atoms with E-state index in [-0.39, 0.29) is 6.61 Å². The van der Waals surface area contributed by atoms with Crippen LogP contribution in [0.5, 0.6) is 0 Å². The number of hydrogen-bond donors (Lipinski definition) is 3. The number of aliphatic hydroxyl groups is 2. The lowest BCUT2D eigenvalue weighted by Crippen LogP contribution is -2.44. The predicted octanol–water partition coefficient (Wildman–Crippen LogP) is -0.0686. The molecule has 0 heterocycles. The summed E-state index contributed by atoms with van der Waals surface area (Å²) in [5, 5.41) is 18.2. The van der Waals surface area contributed by atoms with Gasteiger partial charge in [0.1, 0.15) is 0 Å². The molecular formula is C11H24N2O2. The summed E-state index contributed by atoms with van der Waals surface area (Å²) in [4.78, 5) is 2.26. The highest BCUT2D eigenvalue weighted by Crippen LogP contribution is 2.22. The summed E-state index contributed by atoms with van der Waals surface area (Å²) < 4.78 is 0. The molecule has 0 aromatic rings. The van der Waals surface area contributed by atoms with Gasteiger partial charge >= 0.3 is 0 Å². The standard InChI is InChI=1S/C11H24N2O2/c1-2-13(7-11(15)8-14)10-5-3-9(12)4-6-10/h9-11,14-15H,2-8,12H2,1H3. The van der Waals surface area contributed by atoms with E-state index in [1.807, 2.05) is 0 Å². The fourth-order valence-corrected chi connectivity index (χ4v) is 2.33. The van der Waals surface area contributed by atoms with Gasteiger partial charge in [0.15, 0.2) is 0 Å². The zero-order valence-corrected chi connectivity index (χ0v) is 9.60. The first-order valence-electron chi connectivity index (χ1n) is 5.96. The molecule has 0 aromatic heterocycles. The van der Waals surface area contributed by atoms with Crippen LogP contribution in [-0.4, -0.2) is 53.0 Å². The lowest BCUT2D eigenvalue weighted by atomic mass is 9.90. The fraction of sp³-hybridized carbons (Fsp3) is 1.00. The fourth-order valence-electron chi connectivity index (χ4n) is 2.33. The topological polar surface area (TPSA) is 69.7 Å². The minimum absolute atomic E-state index is 0.150. The van der Waals surface area contributed by atoms with Crippen LogP contribution in [0.1, 0.15) is 32.6 Å². The molecule has 4 heteroatoms. The van der Waals surface area contributed by atoms with E-state index in [1.165, 1.54) is 0 Å². The van der Waals surface area contributed by atoms with E-state index in [4.69, 9.17) is 10.8 Å². The average Bonchev–Trinajstić information content (AvgIpc) is 2.27. The summed E-state index contributed by atoms with van der Waals surface area (Å²) in [6, 6.07) is 0.902. The highest BCUT2D eigenvalue weighted by Gasteiger charge is 2.24. The smallest absolute Gasteiger partial charge is 0.0897 e. The molecule has 1 saturated carbocycles. The Morgan fingerprint density at radius 2 is 1.93 bits per heavy atom. The van der Waals surface area contributed by atoms with Crippen molar-refractivity contribution < 1.29 is 10.2 Å². The van der Waals surface area contributed by atoms with Crippen molar-refractivity contribution in [3.8, 4) is 0 Å². The Morgan fingerprint density at radius 3 is 2.40 bits per heavy atom. The quantitative estimate of drug-likeness (QED) is 0.602. The zero-order chi connectivity index (χ0) is 11.3. The van der Waals surface area contributed by atoms with E-state index >= 15 is 0 Å². The van der Waals surface area contributed by atoms with Gasteiger partial charge in [-0.3, -0.25) is 4.90 Å². The van der Waals surface area contributed by atoms with Gasteiger partial charge in [0.25, 0.3) is 0 Å². The molecule has 1 aliphatic rings. The van der Waals surface area contributed by atoms with Gasteiger partial charge in [-0.05, 0) is 32.2 Å². The lowest BCUT2D eigenvalue weighted by molar-refractivity contribution is 0.0383. The minimum Gasteiger partial charge on any atom is -0.394 e. The summed E-state index contributed by atoms with van der Waals surface area (Å²) in [7, 11) is 0. The van der Waals surface area contributed by atoms with Crippen molar-refractivity contribution in [2.45, 2.75) is 50.8 Å². The van der Waals surface area contributed by atoms with Crippen molar-refractivity contribution in [2.75, 3.05) is 19.7 Å². The van der Waals surface area contributed by atoms with Crippen LogP contribution in [0.4, 0.5) is 0 Å². The third kappa shape index (κ3) is 4.07. The highest BCUT2D eigenvalue weighted by molar-refractivity contribution is 4.81. The van der Waals surface area contributed by atoms with E-state index in [9.17, 15) is 5.11 Å². The molecule has 0 amide bonds. The molecule has 0 bridgehead atoms. The molecule has 4 nitrogen and oxygen atoms in total. The van der Waals surface area contributed by atoms with Gasteiger partial charge < -0.3 is 15.9 Å². The van der Waals surface area contributed by atoms with Crippen molar-refractivity contribution in [2.24, 2.45) is 5.73 Å². The number of rotatable bonds is 5. The summed E-state index contributed by atoms with van der Waals surface area (Å²) >= 11 is 0. The number of hydrogen-bond acceptors (Lipinski definition) is 4. The Hall–Kier alpha value is -0.160. The Bertz CT molecular complexity index is 170. The van der Waals surface area contributed by atoms with Gasteiger partial charge in [0, 0.05) is 18.6 Å². The van der Waals surface area contributed by atoms with Crippen molar-refractivity contribution in [3.05, 3.63) is 0 Å². The SMILES string of the molecule is CCN(CC(O)CO)C1CCC(N)CC1. The van der Waals surface area contributed by atoms with E-state index in [1.54, 1.807) is 0 Å². The van der Waals surface area contributed by atoms with Gasteiger partial charge in [-0.1, -0.05) is 6.92 Å². The van der Waals surface area contributed by atoms with Crippen LogP contribution in [0, 0.1) is 0 Å². The van der Waals surface area contributed by atoms with Gasteiger partial charge in [0.05, 0.1) is 12.7 Å². The maximum absolute atomic E-state index is 9.43. The summed E-state index contributed by atoms with van der Waals surface area (Å²) in [6.45, 7) is 3.45. The van der Waals surface area contributed by atoms with Crippen molar-refractivity contribution >= 4 is 0 Å². The summed E-state index contributed by atoms with van der Waals surface area (Å²) in [6.07, 6.45) is 3.79. The van der Waals surface area contributed by atoms with Crippen LogP contribution >= 0.6 is 0 Å². The van der Waals surface area contributed by atoms with Crippen LogP contribution in [0.3, 0.4) is 0 Å². The van der Waals surface area contributed by atoms with E-state index < -0.39 is 6.10 Å². The third-order valence-corrected chi connectivity index (χ3v) is 3.32. The molecule has 1 atom stereocenters. The number of nitrogens with two attached hydrogens (primary N) is 1. The molecule has 0 spiro atoms. The first-order chi connectivity index (χ1) is 7.17. The van der Waals surface area contributed by atoms with Crippen LogP contribution in [0.2, 0.25) is 0 Å². The number of aliphatic hydroxyl groups excluding tert-OH is 2. The van der Waals surface area contributed by atoms with Crippen LogP contribution in [-0.2, 0) is 0 Å². The van der Waals surface area contributed by atoms with Gasteiger partial charge in [0.2, 0.25) is 0 Å². The molecule has 1 aliphatic carbocycles. The van der Waals surface area contributed by atoms with E-state index in [2.05, 4.69) is 11.8 Å². The summed E-state index contributed by atoms with van der Waals surface area (Å²) in [5.74, 6) is 0. The molecule has 0 saturated heterocycles. The first-order valence-corrected chi connectivity index (χ1v) is 5.96. The van der Waals surface area contributed by atoms with Gasteiger partial charge in [-0.2, -0.15) is 0 Å². The second-order valence-electron chi connectivity index (χ2n) is 4.49. The Balaban J connectivity index is 2.37. The van der Waals surface area contributed by atoms with E-state index in [0.29, 0.717) is 18.6 Å². The number of nitrogens with zero attached hydrogens (tertiary/aromatic N) is 1. The molecule has 1 rings (SSSR count). The highest BCUT2D eigenvalue weighted by atomic mass is 16.3. The molecule has 15 heavy (non-hydrogen) atoms. The molecule has 0 aliphatic heterocycles. The van der Waals surface area contributed by atoms with Crippen molar-refractivity contribution in [1.82, 2.24) is 4.90 Å². The van der Waals surface area contributed by atoms with Crippen LogP contribution < -0.4 is 5.73 Å². The van der Waals surface area contributed by atoms with Crippen LogP contribution in [0.25, 0.3) is 0 Å². The van der Waals surface area contributed by atoms with Gasteiger partial charge in [-0.25, -0.2) is 0 Å². The normalized spacial score (nSPS) is 29.4. The third-order valence-electron chi connectivity index (χ3n) is 3.32. The lowest BCUT2D eigenvalue weighted by Gasteiger charge is -2.36. The molecule has 1 unspecified atom stereocenters. The molecule has 4 N–H and O–H groups in total. The van der Waals surface area contributed by atoms with Crippen molar-refractivity contribution in [1.29, 1.82) is 0 Å². The minimum atomic E-state index is -0.611. The number of likely N-dealkylation sites (N-methyl/N-ethyl adjacent to an activating group) is 1. The van der Waals surface area contributed by atoms with E-state index in [0.717, 1.165) is 32.2 Å². The monoisotopic (exact) mass is 216 g/mol. The second kappa shape index (κ2) is 6.43. The Labute approximate surface area is 92.1 Å². The Morgan fingerprint density at radius 1 is 1.33 bits per heavy atom. The van der Waals surface area contributed by atoms with Gasteiger partial charge in [-0.15, -0.1) is 0 Å². The molecular weight excluding hydrogens is 192 g/mol. The zero-order valence-electron chi connectivity index (χ0n) is 9.60. The maximum atomic E-state index is 9.43. The van der Waals surface area contributed by atoms with Crippen molar-refractivity contribution in [3.63, 3.8) is 0 Å². The first kappa shape index (κ1) is 12.9. The molecule has 1 fully saturated rings. The predicted molar refractivity (Wildman–Crippen MR) is 60.6 cm³/mol. The molecule has 0 aromatic carbocycles. The molecule has 90 valence electrons. The second-order valence-corrected chi connectivity index (χ2v) is 4.49. The Kier molecular flexibility index (Phi) is 5.53. The average molecular weight is 216 g/mol. The largest absolute Gasteiger partial charge is 0.394 e. The molecule has 0 radical (unpaired) electrons. The maximum Gasteiger partial charge on any atom is 0.0897 e. The summed E-state index contributed by atoms with van der Waals surface area (Å²) in [5.41, 5.74) is 5.86.